The third kappa shape index (κ3) is 3.69. The second-order valence-corrected chi connectivity index (χ2v) is 7.33. The Hall–Kier alpha value is -2.32. The number of ketones is 1. The molecule has 25 heavy (non-hydrogen) atoms. The van der Waals surface area contributed by atoms with Crippen LogP contribution >= 0.6 is 11.6 Å². The summed E-state index contributed by atoms with van der Waals surface area (Å²) in [5.74, 6) is 0.880. The van der Waals surface area contributed by atoms with E-state index in [0.29, 0.717) is 16.2 Å². The van der Waals surface area contributed by atoms with Crippen LogP contribution in [-0.4, -0.2) is 11.4 Å². The second-order valence-electron chi connectivity index (χ2n) is 6.89. The maximum atomic E-state index is 12.6. The number of allylic oxidation sites excluding steroid dienone is 1. The Morgan fingerprint density at radius 2 is 1.80 bits per heavy atom. The van der Waals surface area contributed by atoms with Crippen LogP contribution < -0.4 is 4.74 Å². The van der Waals surface area contributed by atoms with Crippen LogP contribution in [0.4, 0.5) is 0 Å². The van der Waals surface area contributed by atoms with Gasteiger partial charge in [0.2, 0.25) is 0 Å². The summed E-state index contributed by atoms with van der Waals surface area (Å²) >= 11 is 5.89. The van der Waals surface area contributed by atoms with Crippen molar-refractivity contribution in [2.24, 2.45) is 0 Å². The average molecular weight is 353 g/mol. The van der Waals surface area contributed by atoms with Crippen LogP contribution in [0.2, 0.25) is 5.02 Å². The summed E-state index contributed by atoms with van der Waals surface area (Å²) in [6, 6.07) is 10.9. The number of halogens is 1. The number of fused-ring (bicyclic) bond motifs is 1. The molecule has 1 aliphatic heterocycles. The molecule has 128 valence electrons. The van der Waals surface area contributed by atoms with E-state index >= 15 is 0 Å². The lowest BCUT2D eigenvalue weighted by Crippen LogP contribution is -2.27. The molecule has 2 aromatic carbocycles. The summed E-state index contributed by atoms with van der Waals surface area (Å²) in [5, 5.41) is 0.624. The highest BCUT2D eigenvalue weighted by molar-refractivity contribution is 6.30. The Balaban J connectivity index is 1.93. The molecule has 1 aliphatic rings. The topological polar surface area (TPSA) is 26.3 Å². The number of hydrogen-bond acceptors (Lipinski definition) is 2. The van der Waals surface area contributed by atoms with E-state index in [4.69, 9.17) is 16.3 Å². The third-order valence-electron chi connectivity index (χ3n) is 4.38. The van der Waals surface area contributed by atoms with E-state index in [9.17, 15) is 4.79 Å². The van der Waals surface area contributed by atoms with Crippen LogP contribution in [0.5, 0.6) is 5.75 Å². The molecule has 1 heterocycles. The number of Topliss-reactive ketones (excluding diaryl/α,β-unsaturated/α-hetero) is 1. The van der Waals surface area contributed by atoms with Crippen molar-refractivity contribution >= 4 is 29.5 Å². The summed E-state index contributed by atoms with van der Waals surface area (Å²) in [6.45, 7) is 7.96. The van der Waals surface area contributed by atoms with E-state index in [1.165, 1.54) is 0 Å². The van der Waals surface area contributed by atoms with Crippen molar-refractivity contribution in [3.8, 4) is 5.75 Å². The molecule has 0 saturated carbocycles. The first kappa shape index (κ1) is 17.5. The van der Waals surface area contributed by atoms with Crippen molar-refractivity contribution in [3.63, 3.8) is 0 Å². The van der Waals surface area contributed by atoms with Crippen LogP contribution in [-0.2, 0) is 0 Å². The predicted octanol–water partition coefficient (Wildman–Crippen LogP) is 6.12. The number of carbonyl (C=O) groups is 1. The number of hydrogen-bond donors (Lipinski definition) is 0. The standard InChI is InChI=1S/C22H21ClO2/c1-14(21(24)16-5-8-18(23)9-6-16)13-17-7-10-20-19(15(17)2)11-12-22(3,4)25-20/h5-13H,1-4H3/b14-13+. The van der Waals surface area contributed by atoms with E-state index in [2.05, 4.69) is 19.1 Å². The lowest BCUT2D eigenvalue weighted by molar-refractivity contribution is 0.103. The smallest absolute Gasteiger partial charge is 0.188 e. The molecule has 0 spiro atoms. The summed E-state index contributed by atoms with van der Waals surface area (Å²) in [5.41, 5.74) is 4.22. The minimum Gasteiger partial charge on any atom is -0.483 e. The van der Waals surface area contributed by atoms with Crippen molar-refractivity contribution < 1.29 is 9.53 Å². The molecule has 0 atom stereocenters. The zero-order chi connectivity index (χ0) is 18.2. The van der Waals surface area contributed by atoms with Crippen LogP contribution in [0.1, 0.15) is 47.8 Å². The lowest BCUT2D eigenvalue weighted by Gasteiger charge is -2.29. The zero-order valence-electron chi connectivity index (χ0n) is 14.9. The maximum Gasteiger partial charge on any atom is 0.188 e. The summed E-state index contributed by atoms with van der Waals surface area (Å²) in [7, 11) is 0. The number of benzene rings is 2. The molecule has 0 amide bonds. The van der Waals surface area contributed by atoms with Gasteiger partial charge >= 0.3 is 0 Å². The van der Waals surface area contributed by atoms with E-state index < -0.39 is 0 Å². The van der Waals surface area contributed by atoms with Crippen molar-refractivity contribution in [1.82, 2.24) is 0 Å². The van der Waals surface area contributed by atoms with E-state index in [-0.39, 0.29) is 11.4 Å². The first-order valence-corrected chi connectivity index (χ1v) is 8.65. The minimum atomic E-state index is -0.294. The molecule has 0 aliphatic carbocycles. The van der Waals surface area contributed by atoms with Gasteiger partial charge in [0.15, 0.2) is 5.78 Å². The molecule has 0 aromatic heterocycles. The van der Waals surface area contributed by atoms with Gasteiger partial charge in [0.1, 0.15) is 11.4 Å². The summed E-state index contributed by atoms with van der Waals surface area (Å²) < 4.78 is 6.00. The number of rotatable bonds is 3. The van der Waals surface area contributed by atoms with Crippen molar-refractivity contribution in [3.05, 3.63) is 75.3 Å². The molecular weight excluding hydrogens is 332 g/mol. The minimum absolute atomic E-state index is 0.00159. The lowest BCUT2D eigenvalue weighted by atomic mass is 9.94. The van der Waals surface area contributed by atoms with Gasteiger partial charge in [0.25, 0.3) is 0 Å². The fourth-order valence-corrected chi connectivity index (χ4v) is 3.03. The largest absolute Gasteiger partial charge is 0.483 e. The van der Waals surface area contributed by atoms with Crippen molar-refractivity contribution in [2.45, 2.75) is 33.3 Å². The Kier molecular flexibility index (Phi) is 4.57. The Morgan fingerprint density at radius 3 is 2.48 bits per heavy atom. The Morgan fingerprint density at radius 1 is 1.12 bits per heavy atom. The van der Waals surface area contributed by atoms with Crippen LogP contribution in [0, 0.1) is 6.92 Å². The van der Waals surface area contributed by atoms with Gasteiger partial charge in [-0.2, -0.15) is 0 Å². The number of ether oxygens (including phenoxy) is 1. The normalized spacial score (nSPS) is 15.5. The van der Waals surface area contributed by atoms with Gasteiger partial charge in [0, 0.05) is 16.1 Å². The van der Waals surface area contributed by atoms with Gasteiger partial charge in [-0.25, -0.2) is 0 Å². The predicted molar refractivity (Wildman–Crippen MR) is 104 cm³/mol. The third-order valence-corrected chi connectivity index (χ3v) is 4.63. The van der Waals surface area contributed by atoms with E-state index in [1.807, 2.05) is 39.0 Å². The summed E-state index contributed by atoms with van der Waals surface area (Å²) in [6.07, 6.45) is 6.09. The highest BCUT2D eigenvalue weighted by atomic mass is 35.5. The van der Waals surface area contributed by atoms with E-state index in [0.717, 1.165) is 22.4 Å². The molecule has 0 fully saturated rings. The van der Waals surface area contributed by atoms with Crippen molar-refractivity contribution in [2.75, 3.05) is 0 Å². The first-order valence-electron chi connectivity index (χ1n) is 8.27. The molecule has 2 aromatic rings. The second kappa shape index (κ2) is 6.53. The Bertz CT molecular complexity index is 887. The van der Waals surface area contributed by atoms with Crippen LogP contribution in [0.15, 0.2) is 48.0 Å². The highest BCUT2D eigenvalue weighted by Crippen LogP contribution is 2.35. The maximum absolute atomic E-state index is 12.6. The van der Waals surface area contributed by atoms with Gasteiger partial charge < -0.3 is 4.74 Å². The zero-order valence-corrected chi connectivity index (χ0v) is 15.6. The molecular formula is C22H21ClO2. The highest BCUT2D eigenvalue weighted by Gasteiger charge is 2.23. The van der Waals surface area contributed by atoms with Crippen LogP contribution in [0.25, 0.3) is 12.2 Å². The monoisotopic (exact) mass is 352 g/mol. The fraction of sp³-hybridized carbons (Fsp3) is 0.227. The molecule has 0 unspecified atom stereocenters. The average Bonchev–Trinajstić information content (AvgIpc) is 2.56. The van der Waals surface area contributed by atoms with Gasteiger partial charge in [-0.05, 0) is 86.9 Å². The first-order chi connectivity index (χ1) is 11.8. The van der Waals surface area contributed by atoms with E-state index in [1.54, 1.807) is 24.3 Å². The fourth-order valence-electron chi connectivity index (χ4n) is 2.90. The van der Waals surface area contributed by atoms with Gasteiger partial charge in [0.05, 0.1) is 0 Å². The molecule has 3 rings (SSSR count). The van der Waals surface area contributed by atoms with Crippen molar-refractivity contribution in [1.29, 1.82) is 0 Å². The van der Waals surface area contributed by atoms with Crippen LogP contribution in [0.3, 0.4) is 0 Å². The SMILES string of the molecule is C/C(=C\c1ccc2c(c1C)C=CC(C)(C)O2)C(=O)c1ccc(Cl)cc1. The molecule has 0 saturated heterocycles. The summed E-state index contributed by atoms with van der Waals surface area (Å²) in [4.78, 5) is 12.6. The number of carbonyl (C=O) groups excluding carboxylic acids is 1. The molecule has 3 heteroatoms. The van der Waals surface area contributed by atoms with Gasteiger partial charge in [-0.3, -0.25) is 4.79 Å². The molecule has 2 nitrogen and oxygen atoms in total. The molecule has 0 radical (unpaired) electrons. The Labute approximate surface area is 153 Å². The van der Waals surface area contributed by atoms with Gasteiger partial charge in [-0.1, -0.05) is 23.7 Å². The quantitative estimate of drug-likeness (QED) is 0.491. The molecule has 0 bridgehead atoms. The molecule has 0 N–H and O–H groups in total. The van der Waals surface area contributed by atoms with Gasteiger partial charge in [-0.15, -0.1) is 0 Å².